The number of hydrogen-bond donors (Lipinski definition) is 0. The zero-order chi connectivity index (χ0) is 23.8. The van der Waals surface area contributed by atoms with Crippen molar-refractivity contribution in [3.8, 4) is 17.0 Å². The average Bonchev–Trinajstić information content (AvgIpc) is 3.48. The SMILES string of the molecule is C[C@@H](Oc1ccc(C(=O)C2CC2)cc1)c1cc(-c2ccc(C(=O)OC(C)(C)C)c(F)c2)ns1. The van der Waals surface area contributed by atoms with Crippen LogP contribution in [-0.4, -0.2) is 21.7 Å². The van der Waals surface area contributed by atoms with Crippen molar-refractivity contribution in [2.24, 2.45) is 5.92 Å². The fourth-order valence-corrected chi connectivity index (χ4v) is 4.05. The van der Waals surface area contributed by atoms with Crippen LogP contribution in [0.15, 0.2) is 48.5 Å². The zero-order valence-electron chi connectivity index (χ0n) is 19.1. The predicted molar refractivity (Wildman–Crippen MR) is 125 cm³/mol. The Labute approximate surface area is 196 Å². The molecule has 0 N–H and O–H groups in total. The molecule has 0 radical (unpaired) electrons. The molecule has 0 saturated heterocycles. The second kappa shape index (κ2) is 9.06. The monoisotopic (exact) mass is 467 g/mol. The Balaban J connectivity index is 1.43. The number of halogens is 1. The summed E-state index contributed by atoms with van der Waals surface area (Å²) in [6, 6.07) is 13.4. The van der Waals surface area contributed by atoms with Crippen LogP contribution in [0.3, 0.4) is 0 Å². The van der Waals surface area contributed by atoms with Gasteiger partial charge in [-0.05, 0) is 94.5 Å². The van der Waals surface area contributed by atoms with Gasteiger partial charge in [-0.2, -0.15) is 4.37 Å². The van der Waals surface area contributed by atoms with Crippen LogP contribution in [0.4, 0.5) is 4.39 Å². The van der Waals surface area contributed by atoms with E-state index in [1.807, 2.05) is 13.0 Å². The van der Waals surface area contributed by atoms with Crippen LogP contribution >= 0.6 is 11.5 Å². The number of Topliss-reactive ketones (excluding diaryl/α,β-unsaturated/α-hetero) is 1. The summed E-state index contributed by atoms with van der Waals surface area (Å²) >= 11 is 1.27. The molecule has 2 aromatic carbocycles. The number of benzene rings is 2. The average molecular weight is 468 g/mol. The van der Waals surface area contributed by atoms with E-state index >= 15 is 0 Å². The first-order valence-electron chi connectivity index (χ1n) is 10.9. The third-order valence-electron chi connectivity index (χ3n) is 5.21. The van der Waals surface area contributed by atoms with Crippen LogP contribution in [0.25, 0.3) is 11.3 Å². The molecule has 5 nitrogen and oxygen atoms in total. The fourth-order valence-electron chi connectivity index (χ4n) is 3.33. The largest absolute Gasteiger partial charge is 0.485 e. The maximum absolute atomic E-state index is 14.6. The molecule has 1 aromatic heterocycles. The third-order valence-corrected chi connectivity index (χ3v) is 6.16. The summed E-state index contributed by atoms with van der Waals surface area (Å²) in [5, 5.41) is 0. The molecule has 1 heterocycles. The summed E-state index contributed by atoms with van der Waals surface area (Å²) < 4.78 is 30.3. The van der Waals surface area contributed by atoms with Crippen LogP contribution in [0.2, 0.25) is 0 Å². The summed E-state index contributed by atoms with van der Waals surface area (Å²) in [6.45, 7) is 7.12. The highest BCUT2D eigenvalue weighted by Crippen LogP contribution is 2.34. The standard InChI is InChI=1S/C26H26FNO4S/c1-15(31-19-10-7-17(8-11-19)24(29)16-5-6-16)23-14-22(28-33-23)18-9-12-20(21(27)13-18)25(30)32-26(2,3)4/h7-16H,5-6H2,1-4H3/t15-/m1/s1. The van der Waals surface area contributed by atoms with Crippen molar-refractivity contribution in [3.63, 3.8) is 0 Å². The lowest BCUT2D eigenvalue weighted by Crippen LogP contribution is -2.24. The Kier molecular flexibility index (Phi) is 6.34. The van der Waals surface area contributed by atoms with Crippen LogP contribution < -0.4 is 4.74 Å². The second-order valence-corrected chi connectivity index (χ2v) is 10.1. The summed E-state index contributed by atoms with van der Waals surface area (Å²) in [4.78, 5) is 25.2. The van der Waals surface area contributed by atoms with Gasteiger partial charge in [0.1, 0.15) is 23.3 Å². The van der Waals surface area contributed by atoms with Crippen molar-refractivity contribution < 1.29 is 23.5 Å². The molecule has 0 amide bonds. The first-order valence-corrected chi connectivity index (χ1v) is 11.7. The van der Waals surface area contributed by atoms with Crippen LogP contribution in [-0.2, 0) is 4.74 Å². The molecule has 0 spiro atoms. The number of ether oxygens (including phenoxy) is 2. The lowest BCUT2D eigenvalue weighted by atomic mass is 10.1. The van der Waals surface area contributed by atoms with Crippen molar-refractivity contribution in [1.82, 2.24) is 4.37 Å². The fraction of sp³-hybridized carbons (Fsp3) is 0.346. The Morgan fingerprint density at radius 1 is 1.09 bits per heavy atom. The maximum Gasteiger partial charge on any atom is 0.341 e. The van der Waals surface area contributed by atoms with E-state index in [0.29, 0.717) is 17.0 Å². The minimum atomic E-state index is -0.699. The number of aromatic nitrogens is 1. The molecule has 1 atom stereocenters. The van der Waals surface area contributed by atoms with Crippen molar-refractivity contribution in [1.29, 1.82) is 0 Å². The van der Waals surface area contributed by atoms with E-state index in [-0.39, 0.29) is 23.4 Å². The molecule has 0 unspecified atom stereocenters. The van der Waals surface area contributed by atoms with Crippen molar-refractivity contribution in [2.75, 3.05) is 0 Å². The second-order valence-electron chi connectivity index (χ2n) is 9.23. The summed E-state index contributed by atoms with van der Waals surface area (Å²) in [5.74, 6) is -0.294. The lowest BCUT2D eigenvalue weighted by Gasteiger charge is -2.19. The van der Waals surface area contributed by atoms with E-state index in [0.717, 1.165) is 23.3 Å². The molecule has 1 saturated carbocycles. The van der Waals surface area contributed by atoms with Crippen LogP contribution in [0.1, 0.15) is 72.2 Å². The predicted octanol–water partition coefficient (Wildman–Crippen LogP) is 6.64. The number of nitrogens with zero attached hydrogens (tertiary/aromatic N) is 1. The number of esters is 1. The molecular formula is C26H26FNO4S. The summed E-state index contributed by atoms with van der Waals surface area (Å²) in [5.41, 5.74) is 1.08. The maximum atomic E-state index is 14.6. The van der Waals surface area contributed by atoms with Gasteiger partial charge in [0.2, 0.25) is 0 Å². The highest BCUT2D eigenvalue weighted by atomic mass is 32.1. The number of rotatable bonds is 7. The van der Waals surface area contributed by atoms with Gasteiger partial charge in [0.25, 0.3) is 0 Å². The van der Waals surface area contributed by atoms with Gasteiger partial charge in [0, 0.05) is 17.0 Å². The van der Waals surface area contributed by atoms with Gasteiger partial charge in [-0.15, -0.1) is 0 Å². The number of carbonyl (C=O) groups is 2. The molecule has 0 aliphatic heterocycles. The molecule has 1 aliphatic rings. The van der Waals surface area contributed by atoms with Gasteiger partial charge in [-0.25, -0.2) is 9.18 Å². The number of ketones is 1. The molecule has 4 rings (SSSR count). The normalized spacial score (nSPS) is 14.6. The molecule has 172 valence electrons. The molecule has 0 bridgehead atoms. The molecular weight excluding hydrogens is 441 g/mol. The molecule has 1 fully saturated rings. The lowest BCUT2D eigenvalue weighted by molar-refractivity contribution is 0.00646. The summed E-state index contributed by atoms with van der Waals surface area (Å²) in [7, 11) is 0. The van der Waals surface area contributed by atoms with Crippen LogP contribution in [0.5, 0.6) is 5.75 Å². The van der Waals surface area contributed by atoms with Crippen molar-refractivity contribution >= 4 is 23.3 Å². The van der Waals surface area contributed by atoms with Gasteiger partial charge < -0.3 is 9.47 Å². The zero-order valence-corrected chi connectivity index (χ0v) is 19.9. The third kappa shape index (κ3) is 5.66. The Morgan fingerprint density at radius 2 is 1.79 bits per heavy atom. The molecule has 1 aliphatic carbocycles. The van der Waals surface area contributed by atoms with Gasteiger partial charge in [-0.3, -0.25) is 4.79 Å². The Morgan fingerprint density at radius 3 is 2.39 bits per heavy atom. The summed E-state index contributed by atoms with van der Waals surface area (Å²) in [6.07, 6.45) is 1.69. The topological polar surface area (TPSA) is 65.5 Å². The van der Waals surface area contributed by atoms with Gasteiger partial charge >= 0.3 is 5.97 Å². The van der Waals surface area contributed by atoms with Gasteiger partial charge in [-0.1, -0.05) is 6.07 Å². The van der Waals surface area contributed by atoms with Crippen molar-refractivity contribution in [2.45, 2.75) is 52.2 Å². The van der Waals surface area contributed by atoms with E-state index in [1.165, 1.54) is 23.7 Å². The van der Waals surface area contributed by atoms with E-state index in [4.69, 9.17) is 9.47 Å². The van der Waals surface area contributed by atoms with E-state index in [2.05, 4.69) is 4.37 Å². The minimum Gasteiger partial charge on any atom is -0.485 e. The Bertz CT molecular complexity index is 1180. The van der Waals surface area contributed by atoms with E-state index in [1.54, 1.807) is 51.1 Å². The quantitative estimate of drug-likeness (QED) is 0.288. The number of carbonyl (C=O) groups excluding carboxylic acids is 2. The first-order chi connectivity index (χ1) is 15.6. The number of hydrogen-bond acceptors (Lipinski definition) is 6. The van der Waals surface area contributed by atoms with Gasteiger partial charge in [0.15, 0.2) is 5.78 Å². The Hall–Kier alpha value is -3.06. The highest BCUT2D eigenvalue weighted by Gasteiger charge is 2.30. The smallest absolute Gasteiger partial charge is 0.341 e. The van der Waals surface area contributed by atoms with E-state index < -0.39 is 17.4 Å². The van der Waals surface area contributed by atoms with E-state index in [9.17, 15) is 14.0 Å². The van der Waals surface area contributed by atoms with Crippen LogP contribution in [0, 0.1) is 11.7 Å². The van der Waals surface area contributed by atoms with Gasteiger partial charge in [0.05, 0.1) is 16.1 Å². The minimum absolute atomic E-state index is 0.107. The van der Waals surface area contributed by atoms with Crippen molar-refractivity contribution in [3.05, 3.63) is 70.4 Å². The molecule has 33 heavy (non-hydrogen) atoms. The highest BCUT2D eigenvalue weighted by molar-refractivity contribution is 7.06. The first kappa shape index (κ1) is 23.1. The molecule has 3 aromatic rings. The molecule has 7 heteroatoms.